The summed E-state index contributed by atoms with van der Waals surface area (Å²) >= 11 is 0. The minimum Gasteiger partial charge on any atom is -0.488 e. The smallest absolute Gasteiger partial charge is 0.319 e. The standard InChI is InChI=1S/C15H18N4O2/c1-9-14(10(2)19-18-9)17-15(20)16-8-12-7-11-5-3-4-6-13(11)21-12/h3-6,12H,7-8H2,1-2H3,(H,18,19)(H2,16,17,20)/t12-/m0/s1. The molecule has 0 aliphatic carbocycles. The number of H-pyrrole nitrogens is 1. The van der Waals surface area contributed by atoms with E-state index in [9.17, 15) is 4.79 Å². The summed E-state index contributed by atoms with van der Waals surface area (Å²) in [5.41, 5.74) is 3.52. The summed E-state index contributed by atoms with van der Waals surface area (Å²) in [4.78, 5) is 11.9. The highest BCUT2D eigenvalue weighted by Crippen LogP contribution is 2.27. The lowest BCUT2D eigenvalue weighted by Gasteiger charge is -2.12. The number of carbonyl (C=O) groups is 1. The zero-order valence-corrected chi connectivity index (χ0v) is 12.1. The van der Waals surface area contributed by atoms with Crippen molar-refractivity contribution in [3.8, 4) is 5.75 Å². The Morgan fingerprint density at radius 3 is 2.95 bits per heavy atom. The van der Waals surface area contributed by atoms with Gasteiger partial charge in [-0.25, -0.2) is 4.79 Å². The van der Waals surface area contributed by atoms with Crippen molar-refractivity contribution in [1.29, 1.82) is 0 Å². The highest BCUT2D eigenvalue weighted by molar-refractivity contribution is 5.90. The Morgan fingerprint density at radius 2 is 2.24 bits per heavy atom. The van der Waals surface area contributed by atoms with E-state index in [1.54, 1.807) is 0 Å². The molecule has 2 amide bonds. The van der Waals surface area contributed by atoms with Gasteiger partial charge in [0, 0.05) is 6.42 Å². The minimum atomic E-state index is -0.248. The van der Waals surface area contributed by atoms with E-state index in [4.69, 9.17) is 4.74 Å². The zero-order valence-electron chi connectivity index (χ0n) is 12.1. The molecule has 1 aliphatic rings. The van der Waals surface area contributed by atoms with Crippen molar-refractivity contribution >= 4 is 11.7 Å². The van der Waals surface area contributed by atoms with Crippen molar-refractivity contribution in [2.24, 2.45) is 0 Å². The molecule has 1 aromatic carbocycles. The molecule has 0 unspecified atom stereocenters. The van der Waals surface area contributed by atoms with Crippen LogP contribution in [0, 0.1) is 13.8 Å². The summed E-state index contributed by atoms with van der Waals surface area (Å²) in [6.45, 7) is 4.18. The molecule has 1 atom stereocenters. The Hall–Kier alpha value is -2.50. The SMILES string of the molecule is Cc1n[nH]c(C)c1NC(=O)NC[C@@H]1Cc2ccccc2O1. The van der Waals surface area contributed by atoms with Crippen LogP contribution in [0.15, 0.2) is 24.3 Å². The van der Waals surface area contributed by atoms with E-state index in [1.165, 1.54) is 5.56 Å². The maximum absolute atomic E-state index is 11.9. The summed E-state index contributed by atoms with van der Waals surface area (Å²) < 4.78 is 5.78. The molecule has 0 spiro atoms. The molecule has 1 aromatic heterocycles. The van der Waals surface area contributed by atoms with E-state index in [0.717, 1.165) is 29.2 Å². The van der Waals surface area contributed by atoms with Gasteiger partial charge in [-0.3, -0.25) is 5.10 Å². The number of para-hydroxylation sites is 1. The largest absolute Gasteiger partial charge is 0.488 e. The van der Waals surface area contributed by atoms with Gasteiger partial charge in [-0.1, -0.05) is 18.2 Å². The van der Waals surface area contributed by atoms with Gasteiger partial charge < -0.3 is 15.4 Å². The van der Waals surface area contributed by atoms with E-state index >= 15 is 0 Å². The summed E-state index contributed by atoms with van der Waals surface area (Å²) in [7, 11) is 0. The van der Waals surface area contributed by atoms with Crippen LogP contribution in [0.25, 0.3) is 0 Å². The Kier molecular flexibility index (Phi) is 3.51. The molecule has 0 fully saturated rings. The molecule has 2 heterocycles. The lowest BCUT2D eigenvalue weighted by molar-refractivity contribution is 0.219. The van der Waals surface area contributed by atoms with Gasteiger partial charge >= 0.3 is 6.03 Å². The Bertz CT molecular complexity index is 621. The number of fused-ring (bicyclic) bond motifs is 1. The van der Waals surface area contributed by atoms with Crippen LogP contribution < -0.4 is 15.4 Å². The van der Waals surface area contributed by atoms with E-state index in [0.29, 0.717) is 6.54 Å². The number of hydrogen-bond acceptors (Lipinski definition) is 3. The molecule has 3 N–H and O–H groups in total. The highest BCUT2D eigenvalue weighted by atomic mass is 16.5. The summed E-state index contributed by atoms with van der Waals surface area (Å²) in [6.07, 6.45) is 0.805. The van der Waals surface area contributed by atoms with Gasteiger partial charge in [-0.2, -0.15) is 5.10 Å². The molecule has 110 valence electrons. The third-order valence-electron chi connectivity index (χ3n) is 3.57. The first-order valence-corrected chi connectivity index (χ1v) is 6.94. The average molecular weight is 286 g/mol. The monoisotopic (exact) mass is 286 g/mol. The summed E-state index contributed by atoms with van der Waals surface area (Å²) in [5, 5.41) is 12.5. The number of anilines is 1. The second-order valence-electron chi connectivity index (χ2n) is 5.20. The Morgan fingerprint density at radius 1 is 1.43 bits per heavy atom. The molecule has 6 nitrogen and oxygen atoms in total. The maximum atomic E-state index is 11.9. The van der Waals surface area contributed by atoms with Gasteiger partial charge in [0.25, 0.3) is 0 Å². The molecular weight excluding hydrogens is 268 g/mol. The first-order chi connectivity index (χ1) is 10.1. The van der Waals surface area contributed by atoms with Gasteiger partial charge in [0.15, 0.2) is 0 Å². The van der Waals surface area contributed by atoms with Gasteiger partial charge in [0.2, 0.25) is 0 Å². The maximum Gasteiger partial charge on any atom is 0.319 e. The highest BCUT2D eigenvalue weighted by Gasteiger charge is 2.22. The van der Waals surface area contributed by atoms with Crippen LogP contribution in [0.3, 0.4) is 0 Å². The number of benzene rings is 1. The molecule has 2 aromatic rings. The molecule has 3 rings (SSSR count). The van der Waals surface area contributed by atoms with E-state index in [-0.39, 0.29) is 12.1 Å². The third kappa shape index (κ3) is 2.84. The molecule has 0 radical (unpaired) electrons. The predicted octanol–water partition coefficient (Wildman–Crippen LogP) is 2.15. The van der Waals surface area contributed by atoms with Crippen LogP contribution in [0.1, 0.15) is 17.0 Å². The molecule has 0 bridgehead atoms. The Balaban J connectivity index is 1.52. The number of aryl methyl sites for hydroxylation is 2. The molecular formula is C15H18N4O2. The number of aromatic nitrogens is 2. The second kappa shape index (κ2) is 5.47. The van der Waals surface area contributed by atoms with E-state index < -0.39 is 0 Å². The lowest BCUT2D eigenvalue weighted by atomic mass is 10.1. The van der Waals surface area contributed by atoms with Crippen LogP contribution >= 0.6 is 0 Å². The van der Waals surface area contributed by atoms with E-state index in [1.807, 2.05) is 38.1 Å². The lowest BCUT2D eigenvalue weighted by Crippen LogP contribution is -2.37. The summed E-state index contributed by atoms with van der Waals surface area (Å²) in [5.74, 6) is 0.909. The quantitative estimate of drug-likeness (QED) is 0.809. The number of carbonyl (C=O) groups excluding carboxylic acids is 1. The first kappa shape index (κ1) is 13.5. The van der Waals surface area contributed by atoms with Crippen LogP contribution in [-0.4, -0.2) is 28.9 Å². The zero-order chi connectivity index (χ0) is 14.8. The summed E-state index contributed by atoms with van der Waals surface area (Å²) in [6, 6.07) is 7.70. The van der Waals surface area contributed by atoms with Crippen molar-refractivity contribution < 1.29 is 9.53 Å². The average Bonchev–Trinajstić information content (AvgIpc) is 3.03. The molecule has 1 aliphatic heterocycles. The van der Waals surface area contributed by atoms with Crippen LogP contribution in [-0.2, 0) is 6.42 Å². The number of aromatic amines is 1. The number of amides is 2. The molecule has 21 heavy (non-hydrogen) atoms. The fourth-order valence-electron chi connectivity index (χ4n) is 2.47. The number of hydrogen-bond donors (Lipinski definition) is 3. The van der Waals surface area contributed by atoms with Crippen molar-refractivity contribution in [1.82, 2.24) is 15.5 Å². The number of urea groups is 1. The van der Waals surface area contributed by atoms with Gasteiger partial charge in [-0.05, 0) is 25.5 Å². The number of ether oxygens (including phenoxy) is 1. The first-order valence-electron chi connectivity index (χ1n) is 6.94. The molecule has 0 saturated heterocycles. The van der Waals surface area contributed by atoms with Crippen LogP contribution in [0.4, 0.5) is 10.5 Å². The predicted molar refractivity (Wildman–Crippen MR) is 79.6 cm³/mol. The van der Waals surface area contributed by atoms with Crippen molar-refractivity contribution in [3.63, 3.8) is 0 Å². The van der Waals surface area contributed by atoms with Crippen LogP contribution in [0.2, 0.25) is 0 Å². The number of nitrogens with zero attached hydrogens (tertiary/aromatic N) is 1. The normalized spacial score (nSPS) is 16.2. The second-order valence-corrected chi connectivity index (χ2v) is 5.20. The number of nitrogens with one attached hydrogen (secondary N) is 3. The fourth-order valence-corrected chi connectivity index (χ4v) is 2.47. The van der Waals surface area contributed by atoms with Crippen molar-refractivity contribution in [2.75, 3.05) is 11.9 Å². The fraction of sp³-hybridized carbons (Fsp3) is 0.333. The van der Waals surface area contributed by atoms with Gasteiger partial charge in [0.1, 0.15) is 11.9 Å². The number of rotatable bonds is 3. The van der Waals surface area contributed by atoms with Gasteiger partial charge in [0.05, 0.1) is 23.6 Å². The molecule has 0 saturated carbocycles. The minimum absolute atomic E-state index is 0.0142. The topological polar surface area (TPSA) is 79.0 Å². The Labute approximate surface area is 122 Å². The van der Waals surface area contributed by atoms with E-state index in [2.05, 4.69) is 20.8 Å². The van der Waals surface area contributed by atoms with Crippen molar-refractivity contribution in [2.45, 2.75) is 26.4 Å². The van der Waals surface area contributed by atoms with Gasteiger partial charge in [-0.15, -0.1) is 0 Å². The third-order valence-corrected chi connectivity index (χ3v) is 3.57. The van der Waals surface area contributed by atoms with Crippen LogP contribution in [0.5, 0.6) is 5.75 Å². The molecule has 6 heteroatoms. The van der Waals surface area contributed by atoms with Crippen molar-refractivity contribution in [3.05, 3.63) is 41.2 Å².